The summed E-state index contributed by atoms with van der Waals surface area (Å²) in [5.74, 6) is -0.713. The molecule has 1 aliphatic rings. The Morgan fingerprint density at radius 3 is 2.82 bits per heavy atom. The van der Waals surface area contributed by atoms with Crippen molar-refractivity contribution in [2.75, 3.05) is 40.0 Å². The molecule has 1 fully saturated rings. The molecule has 0 aromatic heterocycles. The van der Waals surface area contributed by atoms with Crippen LogP contribution in [0.15, 0.2) is 0 Å². The van der Waals surface area contributed by atoms with Crippen LogP contribution in [0.5, 0.6) is 0 Å². The zero-order chi connectivity index (χ0) is 12.7. The summed E-state index contributed by atoms with van der Waals surface area (Å²) in [7, 11) is 1.64. The van der Waals surface area contributed by atoms with E-state index in [4.69, 9.17) is 9.47 Å². The summed E-state index contributed by atoms with van der Waals surface area (Å²) in [6, 6.07) is 0. The molecule has 5 nitrogen and oxygen atoms in total. The van der Waals surface area contributed by atoms with Crippen molar-refractivity contribution >= 4 is 5.97 Å². The maximum atomic E-state index is 11.2. The van der Waals surface area contributed by atoms with Gasteiger partial charge in [0.05, 0.1) is 13.2 Å². The molecule has 0 radical (unpaired) electrons. The highest BCUT2D eigenvalue weighted by Gasteiger charge is 2.42. The molecule has 1 aliphatic heterocycles. The van der Waals surface area contributed by atoms with Gasteiger partial charge < -0.3 is 14.6 Å². The Bertz CT molecular complexity index is 247. The molecule has 0 bridgehead atoms. The fourth-order valence-corrected chi connectivity index (χ4v) is 2.22. The van der Waals surface area contributed by atoms with Gasteiger partial charge in [-0.05, 0) is 32.7 Å². The van der Waals surface area contributed by atoms with E-state index < -0.39 is 11.5 Å². The minimum Gasteiger partial charge on any atom is -0.480 e. The third kappa shape index (κ3) is 3.94. The highest BCUT2D eigenvalue weighted by Crippen LogP contribution is 2.29. The van der Waals surface area contributed by atoms with Gasteiger partial charge in [-0.3, -0.25) is 9.69 Å². The lowest BCUT2D eigenvalue weighted by molar-refractivity contribution is -0.148. The maximum absolute atomic E-state index is 11.2. The zero-order valence-corrected chi connectivity index (χ0v) is 10.8. The van der Waals surface area contributed by atoms with Crippen molar-refractivity contribution in [3.05, 3.63) is 0 Å². The summed E-state index contributed by atoms with van der Waals surface area (Å²) in [4.78, 5) is 13.3. The second-order valence-corrected chi connectivity index (χ2v) is 4.63. The molecule has 1 atom stereocenters. The summed E-state index contributed by atoms with van der Waals surface area (Å²) < 4.78 is 10.2. The minimum atomic E-state index is -0.713. The minimum absolute atomic E-state index is 0.604. The summed E-state index contributed by atoms with van der Waals surface area (Å²) >= 11 is 0. The summed E-state index contributed by atoms with van der Waals surface area (Å²) in [5, 5.41) is 9.23. The van der Waals surface area contributed by atoms with Crippen molar-refractivity contribution in [1.82, 2.24) is 4.90 Å². The van der Waals surface area contributed by atoms with E-state index in [1.807, 2.05) is 6.92 Å². The Hall–Kier alpha value is -0.650. The molecule has 0 aliphatic carbocycles. The van der Waals surface area contributed by atoms with Crippen molar-refractivity contribution < 1.29 is 19.4 Å². The number of rotatable bonds is 8. The van der Waals surface area contributed by atoms with Gasteiger partial charge in [0.1, 0.15) is 5.54 Å². The first-order valence-electron chi connectivity index (χ1n) is 6.16. The average Bonchev–Trinajstić information content (AvgIpc) is 2.67. The Balaban J connectivity index is 2.20. The van der Waals surface area contributed by atoms with Crippen LogP contribution in [0.4, 0.5) is 0 Å². The van der Waals surface area contributed by atoms with Gasteiger partial charge in [-0.25, -0.2) is 0 Å². The van der Waals surface area contributed by atoms with Crippen molar-refractivity contribution in [2.45, 2.75) is 31.7 Å². The van der Waals surface area contributed by atoms with E-state index in [2.05, 4.69) is 4.90 Å². The van der Waals surface area contributed by atoms with Gasteiger partial charge >= 0.3 is 5.97 Å². The van der Waals surface area contributed by atoms with Crippen molar-refractivity contribution in [2.24, 2.45) is 0 Å². The summed E-state index contributed by atoms with van der Waals surface area (Å²) in [5.41, 5.74) is -0.674. The van der Waals surface area contributed by atoms with Gasteiger partial charge in [0, 0.05) is 20.3 Å². The first-order valence-corrected chi connectivity index (χ1v) is 6.16. The normalized spacial score (nSPS) is 25.3. The number of methoxy groups -OCH3 is 1. The summed E-state index contributed by atoms with van der Waals surface area (Å²) in [6.07, 6.45) is 2.58. The van der Waals surface area contributed by atoms with Crippen LogP contribution >= 0.6 is 0 Å². The molecular formula is C12H23NO4. The Morgan fingerprint density at radius 1 is 1.41 bits per heavy atom. The number of carboxylic acids is 1. The predicted octanol–water partition coefficient (Wildman–Crippen LogP) is 0.979. The maximum Gasteiger partial charge on any atom is 0.323 e. The Labute approximate surface area is 103 Å². The molecule has 100 valence electrons. The van der Waals surface area contributed by atoms with Crippen LogP contribution < -0.4 is 0 Å². The van der Waals surface area contributed by atoms with Crippen LogP contribution in [0.2, 0.25) is 0 Å². The quantitative estimate of drug-likeness (QED) is 0.646. The number of ether oxygens (including phenoxy) is 2. The molecule has 0 aromatic rings. The van der Waals surface area contributed by atoms with Crippen LogP contribution in [0.25, 0.3) is 0 Å². The number of hydrogen-bond acceptors (Lipinski definition) is 4. The van der Waals surface area contributed by atoms with E-state index in [1.165, 1.54) is 0 Å². The topological polar surface area (TPSA) is 59.0 Å². The van der Waals surface area contributed by atoms with E-state index in [9.17, 15) is 9.90 Å². The SMILES string of the molecule is COCCOCCCN1CCCC1(C)C(=O)O. The molecule has 1 rings (SSSR count). The second-order valence-electron chi connectivity index (χ2n) is 4.63. The monoisotopic (exact) mass is 245 g/mol. The molecule has 1 N–H and O–H groups in total. The van der Waals surface area contributed by atoms with Gasteiger partial charge in [-0.2, -0.15) is 0 Å². The van der Waals surface area contributed by atoms with Crippen molar-refractivity contribution in [3.8, 4) is 0 Å². The number of aliphatic carboxylic acids is 1. The standard InChI is InChI=1S/C12H23NO4/c1-12(11(14)15)5-3-6-13(12)7-4-8-17-10-9-16-2/h3-10H2,1-2H3,(H,14,15). The number of carboxylic acid groups (broad SMARTS) is 1. The van der Waals surface area contributed by atoms with Gasteiger partial charge in [0.25, 0.3) is 0 Å². The van der Waals surface area contributed by atoms with Crippen LogP contribution in [0, 0.1) is 0 Å². The first kappa shape index (κ1) is 14.4. The molecule has 0 saturated carbocycles. The summed E-state index contributed by atoms with van der Waals surface area (Å²) in [6.45, 7) is 5.35. The number of likely N-dealkylation sites (tertiary alicyclic amines) is 1. The fourth-order valence-electron chi connectivity index (χ4n) is 2.22. The number of carbonyl (C=O) groups is 1. The largest absolute Gasteiger partial charge is 0.480 e. The van der Waals surface area contributed by atoms with E-state index >= 15 is 0 Å². The number of hydrogen-bond donors (Lipinski definition) is 1. The molecule has 0 spiro atoms. The third-order valence-corrected chi connectivity index (χ3v) is 3.40. The van der Waals surface area contributed by atoms with Gasteiger partial charge in [0.15, 0.2) is 0 Å². The van der Waals surface area contributed by atoms with E-state index in [0.717, 1.165) is 32.4 Å². The van der Waals surface area contributed by atoms with E-state index in [1.54, 1.807) is 7.11 Å². The van der Waals surface area contributed by atoms with E-state index in [-0.39, 0.29) is 0 Å². The lowest BCUT2D eigenvalue weighted by Crippen LogP contribution is -2.48. The predicted molar refractivity (Wildman–Crippen MR) is 64.2 cm³/mol. The van der Waals surface area contributed by atoms with Gasteiger partial charge in [0.2, 0.25) is 0 Å². The van der Waals surface area contributed by atoms with Crippen molar-refractivity contribution in [1.29, 1.82) is 0 Å². The molecule has 0 aromatic carbocycles. The molecule has 17 heavy (non-hydrogen) atoms. The Kier molecular flexibility index (Phi) is 5.88. The van der Waals surface area contributed by atoms with Crippen molar-refractivity contribution in [3.63, 3.8) is 0 Å². The lowest BCUT2D eigenvalue weighted by atomic mass is 9.99. The second kappa shape index (κ2) is 6.93. The molecule has 5 heteroatoms. The Morgan fingerprint density at radius 2 is 2.18 bits per heavy atom. The molecule has 1 heterocycles. The van der Waals surface area contributed by atoms with Gasteiger partial charge in [-0.15, -0.1) is 0 Å². The number of nitrogens with zero attached hydrogens (tertiary/aromatic N) is 1. The molecule has 1 unspecified atom stereocenters. The van der Waals surface area contributed by atoms with Crippen LogP contribution in [-0.2, 0) is 14.3 Å². The molecule has 1 saturated heterocycles. The first-order chi connectivity index (χ1) is 8.11. The fraction of sp³-hybridized carbons (Fsp3) is 0.917. The van der Waals surface area contributed by atoms with E-state index in [0.29, 0.717) is 19.8 Å². The third-order valence-electron chi connectivity index (χ3n) is 3.40. The smallest absolute Gasteiger partial charge is 0.323 e. The molecule has 0 amide bonds. The molecular weight excluding hydrogens is 222 g/mol. The van der Waals surface area contributed by atoms with Crippen LogP contribution in [-0.4, -0.2) is 61.5 Å². The zero-order valence-electron chi connectivity index (χ0n) is 10.8. The van der Waals surface area contributed by atoms with Crippen LogP contribution in [0.3, 0.4) is 0 Å². The highest BCUT2D eigenvalue weighted by molar-refractivity contribution is 5.78. The lowest BCUT2D eigenvalue weighted by Gasteiger charge is -2.30. The highest BCUT2D eigenvalue weighted by atomic mass is 16.5. The average molecular weight is 245 g/mol. The van der Waals surface area contributed by atoms with Gasteiger partial charge in [-0.1, -0.05) is 0 Å². The van der Waals surface area contributed by atoms with Crippen LogP contribution in [0.1, 0.15) is 26.2 Å².